The van der Waals surface area contributed by atoms with Gasteiger partial charge in [0.05, 0.1) is 11.4 Å². The van der Waals surface area contributed by atoms with Gasteiger partial charge in [0.1, 0.15) is 0 Å². The number of benzene rings is 3. The predicted molar refractivity (Wildman–Crippen MR) is 95.8 cm³/mol. The number of halogens is 4. The third kappa shape index (κ3) is 2.67. The lowest BCUT2D eigenvalue weighted by molar-refractivity contribution is 0.510. The van der Waals surface area contributed by atoms with Crippen molar-refractivity contribution < 1.29 is 17.6 Å². The molecule has 3 rings (SSSR count). The van der Waals surface area contributed by atoms with Gasteiger partial charge in [-0.3, -0.25) is 0 Å². The van der Waals surface area contributed by atoms with Gasteiger partial charge in [0, 0.05) is 23.7 Å². The second-order valence-electron chi connectivity index (χ2n) is 5.82. The molecule has 0 bridgehead atoms. The van der Waals surface area contributed by atoms with E-state index in [9.17, 15) is 17.6 Å². The first-order valence-electron chi connectivity index (χ1n) is 7.87. The molecule has 6 heteroatoms. The highest BCUT2D eigenvalue weighted by Gasteiger charge is 2.26. The van der Waals surface area contributed by atoms with Crippen LogP contribution in [0.5, 0.6) is 0 Å². The minimum Gasteiger partial charge on any atom is -0.396 e. The van der Waals surface area contributed by atoms with Crippen LogP contribution in [0.15, 0.2) is 42.5 Å². The summed E-state index contributed by atoms with van der Waals surface area (Å²) in [5.74, 6) is -4.66. The lowest BCUT2D eigenvalue weighted by atomic mass is 9.88. The Labute approximate surface area is 148 Å². The molecule has 0 atom stereocenters. The maximum Gasteiger partial charge on any atom is 0.182 e. The highest BCUT2D eigenvalue weighted by Crippen LogP contribution is 2.43. The van der Waals surface area contributed by atoms with Gasteiger partial charge in [-0.15, -0.1) is 0 Å². The van der Waals surface area contributed by atoms with Crippen molar-refractivity contribution in [2.24, 2.45) is 0 Å². The number of nitrogens with one attached hydrogen (secondary N) is 1. The molecule has 0 saturated carbocycles. The Morgan fingerprint density at radius 2 is 1.42 bits per heavy atom. The first-order valence-corrected chi connectivity index (χ1v) is 7.87. The van der Waals surface area contributed by atoms with Crippen molar-refractivity contribution in [2.45, 2.75) is 6.92 Å². The second-order valence-corrected chi connectivity index (χ2v) is 5.82. The zero-order valence-electron chi connectivity index (χ0n) is 14.1. The maximum atomic E-state index is 14.9. The van der Waals surface area contributed by atoms with Crippen LogP contribution in [0, 0.1) is 30.2 Å². The van der Waals surface area contributed by atoms with Gasteiger partial charge in [0.2, 0.25) is 0 Å². The van der Waals surface area contributed by atoms with Gasteiger partial charge in [-0.25, -0.2) is 17.6 Å². The topological polar surface area (TPSA) is 38.0 Å². The van der Waals surface area contributed by atoms with Crippen LogP contribution < -0.4 is 11.1 Å². The highest BCUT2D eigenvalue weighted by atomic mass is 19.2. The summed E-state index contributed by atoms with van der Waals surface area (Å²) in [6, 6.07) is 10.6. The van der Waals surface area contributed by atoms with Crippen molar-refractivity contribution in [1.82, 2.24) is 0 Å². The summed E-state index contributed by atoms with van der Waals surface area (Å²) in [5, 5.41) is 2.58. The van der Waals surface area contributed by atoms with Crippen LogP contribution in [-0.4, -0.2) is 7.05 Å². The Kier molecular flexibility index (Phi) is 4.59. The van der Waals surface area contributed by atoms with E-state index < -0.39 is 23.3 Å². The van der Waals surface area contributed by atoms with Gasteiger partial charge in [-0.05, 0) is 30.2 Å². The minimum absolute atomic E-state index is 0.0656. The average Bonchev–Trinajstić information content (AvgIpc) is 2.64. The second kappa shape index (κ2) is 6.71. The molecule has 3 aromatic carbocycles. The Morgan fingerprint density at radius 3 is 2.04 bits per heavy atom. The third-order valence-corrected chi connectivity index (χ3v) is 4.33. The van der Waals surface area contributed by atoms with Crippen molar-refractivity contribution >= 4 is 11.4 Å². The maximum absolute atomic E-state index is 14.9. The Hall–Kier alpha value is -3.02. The summed E-state index contributed by atoms with van der Waals surface area (Å²) < 4.78 is 58.1. The number of hydrogen-bond donors (Lipinski definition) is 2. The van der Waals surface area contributed by atoms with Crippen molar-refractivity contribution in [3.63, 3.8) is 0 Å². The van der Waals surface area contributed by atoms with E-state index in [1.165, 1.54) is 26.1 Å². The smallest absolute Gasteiger partial charge is 0.182 e. The van der Waals surface area contributed by atoms with Crippen LogP contribution in [-0.2, 0) is 0 Å². The van der Waals surface area contributed by atoms with Crippen molar-refractivity contribution in [3.8, 4) is 22.3 Å². The van der Waals surface area contributed by atoms with E-state index in [1.807, 2.05) is 0 Å². The number of nitrogens with two attached hydrogens (primary N) is 1. The number of anilines is 2. The molecule has 3 N–H and O–H groups in total. The fourth-order valence-corrected chi connectivity index (χ4v) is 3.07. The normalized spacial score (nSPS) is 10.8. The Bertz CT molecular complexity index is 985. The Morgan fingerprint density at radius 1 is 0.769 bits per heavy atom. The summed E-state index contributed by atoms with van der Waals surface area (Å²) in [7, 11) is 1.43. The zero-order chi connectivity index (χ0) is 19.0. The molecule has 134 valence electrons. The van der Waals surface area contributed by atoms with E-state index in [0.717, 1.165) is 0 Å². The molecule has 0 spiro atoms. The van der Waals surface area contributed by atoms with Gasteiger partial charge in [0.15, 0.2) is 23.3 Å². The van der Waals surface area contributed by atoms with E-state index in [4.69, 9.17) is 5.73 Å². The minimum atomic E-state index is -1.23. The third-order valence-electron chi connectivity index (χ3n) is 4.33. The predicted octanol–water partition coefficient (Wildman–Crippen LogP) is 5.51. The summed E-state index contributed by atoms with van der Waals surface area (Å²) in [5.41, 5.74) is 5.27. The first kappa shape index (κ1) is 17.8. The van der Waals surface area contributed by atoms with E-state index in [1.54, 1.807) is 30.3 Å². The van der Waals surface area contributed by atoms with Crippen LogP contribution in [0.3, 0.4) is 0 Å². The number of nitrogen functional groups attached to an aromatic ring is 1. The molecule has 0 radical (unpaired) electrons. The van der Waals surface area contributed by atoms with E-state index in [-0.39, 0.29) is 33.6 Å². The molecular weight excluding hydrogens is 344 g/mol. The fourth-order valence-electron chi connectivity index (χ4n) is 3.07. The molecule has 0 aliphatic rings. The van der Waals surface area contributed by atoms with Crippen LogP contribution in [0.25, 0.3) is 22.3 Å². The molecule has 0 unspecified atom stereocenters. The van der Waals surface area contributed by atoms with Gasteiger partial charge in [0.25, 0.3) is 0 Å². The monoisotopic (exact) mass is 360 g/mol. The highest BCUT2D eigenvalue weighted by molar-refractivity contribution is 5.90. The van der Waals surface area contributed by atoms with Gasteiger partial charge in [-0.2, -0.15) is 0 Å². The molecule has 0 amide bonds. The van der Waals surface area contributed by atoms with Gasteiger partial charge >= 0.3 is 0 Å². The van der Waals surface area contributed by atoms with Crippen molar-refractivity contribution in [2.75, 3.05) is 18.1 Å². The van der Waals surface area contributed by atoms with E-state index in [0.29, 0.717) is 5.56 Å². The molecule has 2 nitrogen and oxygen atoms in total. The standard InChI is InChI=1S/C20H16F4N2/c1-10-14(12-8-9-13(25)17(22)16(12)21)15(11-6-4-3-5-7-11)18(23)19(24)20(10)26-2/h3-9,26H,25H2,1-2H3. The lowest BCUT2D eigenvalue weighted by Crippen LogP contribution is -2.06. The molecule has 0 fully saturated rings. The van der Waals surface area contributed by atoms with Crippen molar-refractivity contribution in [3.05, 3.63) is 71.3 Å². The first-order chi connectivity index (χ1) is 12.4. The van der Waals surface area contributed by atoms with Crippen LogP contribution in [0.2, 0.25) is 0 Å². The van der Waals surface area contributed by atoms with Gasteiger partial charge < -0.3 is 11.1 Å². The van der Waals surface area contributed by atoms with Crippen LogP contribution in [0.4, 0.5) is 28.9 Å². The summed E-state index contributed by atoms with van der Waals surface area (Å²) in [6.45, 7) is 1.52. The molecule has 0 aromatic heterocycles. The van der Waals surface area contributed by atoms with E-state index >= 15 is 0 Å². The summed E-state index contributed by atoms with van der Waals surface area (Å²) in [4.78, 5) is 0. The fraction of sp³-hybridized carbons (Fsp3) is 0.100. The quantitative estimate of drug-likeness (QED) is 0.477. The molecule has 0 heterocycles. The lowest BCUT2D eigenvalue weighted by Gasteiger charge is -2.20. The summed E-state index contributed by atoms with van der Waals surface area (Å²) >= 11 is 0. The molecule has 3 aromatic rings. The number of rotatable bonds is 3. The molecule has 0 saturated heterocycles. The Balaban J connectivity index is 2.48. The van der Waals surface area contributed by atoms with Crippen LogP contribution >= 0.6 is 0 Å². The average molecular weight is 360 g/mol. The largest absolute Gasteiger partial charge is 0.396 e. The van der Waals surface area contributed by atoms with Gasteiger partial charge in [-0.1, -0.05) is 30.3 Å². The molecule has 0 aliphatic carbocycles. The zero-order valence-corrected chi connectivity index (χ0v) is 14.1. The SMILES string of the molecule is CNc1c(C)c(-c2ccc(N)c(F)c2F)c(-c2ccccc2)c(F)c1F. The van der Waals surface area contributed by atoms with E-state index in [2.05, 4.69) is 5.32 Å². The number of hydrogen-bond acceptors (Lipinski definition) is 2. The molecule has 26 heavy (non-hydrogen) atoms. The summed E-state index contributed by atoms with van der Waals surface area (Å²) in [6.07, 6.45) is 0. The van der Waals surface area contributed by atoms with Crippen LogP contribution in [0.1, 0.15) is 5.56 Å². The molecular formula is C20H16F4N2. The van der Waals surface area contributed by atoms with Crippen molar-refractivity contribution in [1.29, 1.82) is 0 Å². The molecule has 0 aliphatic heterocycles.